The molecule has 10 heteroatoms. The predicted molar refractivity (Wildman–Crippen MR) is 86.6 cm³/mol. The summed E-state index contributed by atoms with van der Waals surface area (Å²) < 4.78 is 12.7. The summed E-state index contributed by atoms with van der Waals surface area (Å²) in [7, 11) is -2.01. The van der Waals surface area contributed by atoms with E-state index in [-0.39, 0.29) is 32.1 Å². The van der Waals surface area contributed by atoms with Crippen LogP contribution in [0.5, 0.6) is 0 Å². The standard InChI is InChI=1S/C11H10Cl2N4O2S2/c1-4-2-5(12)8(6(13)3-4)17-10(14)9(21(15)19)7(16-17)11(18)20/h2-3H,14-15H2,1H3,(H,18,20). The number of aromatic nitrogens is 2. The highest BCUT2D eigenvalue weighted by atomic mass is 35.5. The SMILES string of the molecule is Cc1cc(Cl)c(-n2nc(C(=O)S)c(S(N)=O)c2N)c(Cl)c1. The van der Waals surface area contributed by atoms with Gasteiger partial charge in [-0.3, -0.25) is 4.79 Å². The zero-order valence-electron chi connectivity index (χ0n) is 10.6. The third-order valence-electron chi connectivity index (χ3n) is 2.65. The molecule has 0 amide bonds. The van der Waals surface area contributed by atoms with Crippen LogP contribution in [0.3, 0.4) is 0 Å². The first-order chi connectivity index (χ1) is 9.73. The van der Waals surface area contributed by atoms with Crippen LogP contribution in [0.4, 0.5) is 5.82 Å². The van der Waals surface area contributed by atoms with Crippen molar-refractivity contribution in [2.45, 2.75) is 11.8 Å². The molecule has 0 saturated heterocycles. The lowest BCUT2D eigenvalue weighted by molar-refractivity contribution is 0.108. The molecule has 0 spiro atoms. The fourth-order valence-corrected chi connectivity index (χ4v) is 3.43. The summed E-state index contributed by atoms with van der Waals surface area (Å²) in [6.45, 7) is 1.82. The van der Waals surface area contributed by atoms with E-state index in [0.717, 1.165) is 10.2 Å². The lowest BCUT2D eigenvalue weighted by atomic mass is 10.2. The van der Waals surface area contributed by atoms with Crippen molar-refractivity contribution in [3.8, 4) is 5.69 Å². The number of nitrogens with zero attached hydrogens (tertiary/aromatic N) is 2. The Kier molecular flexibility index (Phi) is 4.64. The minimum Gasteiger partial charge on any atom is -0.383 e. The van der Waals surface area contributed by atoms with Crippen molar-refractivity contribution < 1.29 is 9.00 Å². The number of anilines is 1. The molecule has 6 nitrogen and oxygen atoms in total. The maximum absolute atomic E-state index is 11.6. The van der Waals surface area contributed by atoms with Gasteiger partial charge in [-0.1, -0.05) is 35.8 Å². The van der Waals surface area contributed by atoms with Crippen molar-refractivity contribution in [2.24, 2.45) is 5.14 Å². The van der Waals surface area contributed by atoms with Crippen molar-refractivity contribution in [3.05, 3.63) is 33.4 Å². The lowest BCUT2D eigenvalue weighted by Crippen LogP contribution is -2.09. The van der Waals surface area contributed by atoms with E-state index in [0.29, 0.717) is 0 Å². The van der Waals surface area contributed by atoms with Gasteiger partial charge >= 0.3 is 0 Å². The van der Waals surface area contributed by atoms with Crippen molar-refractivity contribution >= 4 is 57.7 Å². The largest absolute Gasteiger partial charge is 0.383 e. The molecule has 0 aliphatic heterocycles. The van der Waals surface area contributed by atoms with E-state index < -0.39 is 16.1 Å². The number of nitrogen functional groups attached to an aromatic ring is 1. The lowest BCUT2D eigenvalue weighted by Gasteiger charge is -2.10. The molecular formula is C11H10Cl2N4O2S2. The Balaban J connectivity index is 2.80. The molecule has 0 bridgehead atoms. The molecule has 0 radical (unpaired) electrons. The van der Waals surface area contributed by atoms with Gasteiger partial charge in [-0.15, -0.1) is 0 Å². The Morgan fingerprint density at radius 1 is 1.38 bits per heavy atom. The summed E-state index contributed by atoms with van der Waals surface area (Å²) in [5.74, 6) is -0.0825. The molecule has 112 valence electrons. The maximum Gasteiger partial charge on any atom is 0.237 e. The van der Waals surface area contributed by atoms with Gasteiger partial charge in [0.15, 0.2) is 5.69 Å². The zero-order valence-corrected chi connectivity index (χ0v) is 13.9. The van der Waals surface area contributed by atoms with Crippen molar-refractivity contribution in [1.82, 2.24) is 9.78 Å². The second kappa shape index (κ2) is 5.98. The number of halogens is 2. The molecule has 1 aromatic carbocycles. The summed E-state index contributed by atoms with van der Waals surface area (Å²) in [6.07, 6.45) is 0. The average Bonchev–Trinajstić information content (AvgIpc) is 2.66. The first-order valence-electron chi connectivity index (χ1n) is 5.48. The normalized spacial score (nSPS) is 12.4. The van der Waals surface area contributed by atoms with E-state index in [1.54, 1.807) is 12.1 Å². The molecule has 21 heavy (non-hydrogen) atoms. The van der Waals surface area contributed by atoms with E-state index in [1.165, 1.54) is 0 Å². The maximum atomic E-state index is 11.6. The minimum absolute atomic E-state index is 0.0825. The second-order valence-corrected chi connectivity index (χ2v) is 6.38. The van der Waals surface area contributed by atoms with E-state index in [9.17, 15) is 9.00 Å². The van der Waals surface area contributed by atoms with Crippen LogP contribution in [-0.4, -0.2) is 19.1 Å². The van der Waals surface area contributed by atoms with Crippen molar-refractivity contribution in [1.29, 1.82) is 0 Å². The fourth-order valence-electron chi connectivity index (χ4n) is 1.82. The fraction of sp³-hybridized carbons (Fsp3) is 0.0909. The van der Waals surface area contributed by atoms with Crippen LogP contribution in [0.15, 0.2) is 17.0 Å². The monoisotopic (exact) mass is 364 g/mol. The molecule has 1 atom stereocenters. The van der Waals surface area contributed by atoms with Crippen LogP contribution >= 0.6 is 35.8 Å². The number of thiol groups is 1. The molecule has 0 saturated carbocycles. The third kappa shape index (κ3) is 2.95. The molecule has 1 unspecified atom stereocenters. The number of nitrogens with two attached hydrogens (primary N) is 2. The number of rotatable bonds is 3. The van der Waals surface area contributed by atoms with Crippen LogP contribution in [0, 0.1) is 6.92 Å². The number of carbonyl (C=O) groups is 1. The molecule has 0 aliphatic rings. The van der Waals surface area contributed by atoms with Gasteiger partial charge in [-0.2, -0.15) is 5.10 Å². The topological polar surface area (TPSA) is 104 Å². The Bertz CT molecular complexity index is 753. The number of carbonyl (C=O) groups excluding carboxylic acids is 1. The average molecular weight is 365 g/mol. The molecule has 4 N–H and O–H groups in total. The van der Waals surface area contributed by atoms with Gasteiger partial charge in [0.05, 0.1) is 10.0 Å². The van der Waals surface area contributed by atoms with Gasteiger partial charge in [-0.25, -0.2) is 14.0 Å². The van der Waals surface area contributed by atoms with Crippen molar-refractivity contribution in [3.63, 3.8) is 0 Å². The van der Waals surface area contributed by atoms with Gasteiger partial charge < -0.3 is 5.73 Å². The highest BCUT2D eigenvalue weighted by molar-refractivity contribution is 7.97. The van der Waals surface area contributed by atoms with Crippen LogP contribution < -0.4 is 10.9 Å². The molecule has 1 aromatic heterocycles. The summed E-state index contributed by atoms with van der Waals surface area (Å²) in [5.41, 5.74) is 6.78. The first-order valence-corrected chi connectivity index (χ1v) is 7.89. The van der Waals surface area contributed by atoms with E-state index >= 15 is 0 Å². The van der Waals surface area contributed by atoms with Gasteiger partial charge in [0.25, 0.3) is 0 Å². The molecule has 2 rings (SSSR count). The number of aryl methyl sites for hydroxylation is 1. The Hall–Kier alpha value is -1.06. The van der Waals surface area contributed by atoms with E-state index in [2.05, 4.69) is 17.7 Å². The summed E-state index contributed by atoms with van der Waals surface area (Å²) >= 11 is 16.0. The third-order valence-corrected chi connectivity index (χ3v) is 4.25. The van der Waals surface area contributed by atoms with E-state index in [1.807, 2.05) is 6.92 Å². The van der Waals surface area contributed by atoms with Gasteiger partial charge in [-0.05, 0) is 24.6 Å². The molecule has 2 aromatic rings. The quantitative estimate of drug-likeness (QED) is 0.725. The number of benzene rings is 1. The Labute approximate surface area is 138 Å². The van der Waals surface area contributed by atoms with Gasteiger partial charge in [0, 0.05) is 0 Å². The molecule has 0 fully saturated rings. The molecular weight excluding hydrogens is 355 g/mol. The summed E-state index contributed by atoms with van der Waals surface area (Å²) in [5, 5.41) is 9.15. The van der Waals surface area contributed by atoms with Crippen LogP contribution in [0.25, 0.3) is 5.69 Å². The minimum atomic E-state index is -2.01. The van der Waals surface area contributed by atoms with Crippen LogP contribution in [-0.2, 0) is 11.0 Å². The zero-order chi connectivity index (χ0) is 15.9. The molecule has 1 heterocycles. The number of hydrogen-bond donors (Lipinski definition) is 3. The second-order valence-electron chi connectivity index (χ2n) is 4.15. The Morgan fingerprint density at radius 3 is 2.29 bits per heavy atom. The van der Waals surface area contributed by atoms with Crippen LogP contribution in [0.2, 0.25) is 10.0 Å². The van der Waals surface area contributed by atoms with Gasteiger partial charge in [0.1, 0.15) is 27.4 Å². The van der Waals surface area contributed by atoms with Gasteiger partial charge in [0.2, 0.25) is 5.12 Å². The number of hydrogen-bond acceptors (Lipinski definition) is 4. The highest BCUT2D eigenvalue weighted by Crippen LogP contribution is 2.33. The summed E-state index contributed by atoms with van der Waals surface area (Å²) in [6, 6.07) is 3.32. The predicted octanol–water partition coefficient (Wildman–Crippen LogP) is 2.12. The molecule has 0 aliphatic carbocycles. The summed E-state index contributed by atoms with van der Waals surface area (Å²) in [4.78, 5) is 11.4. The Morgan fingerprint density at radius 2 is 1.90 bits per heavy atom. The van der Waals surface area contributed by atoms with Crippen molar-refractivity contribution in [2.75, 3.05) is 5.73 Å². The highest BCUT2D eigenvalue weighted by Gasteiger charge is 2.25. The first kappa shape index (κ1) is 16.3. The van der Waals surface area contributed by atoms with Crippen LogP contribution in [0.1, 0.15) is 16.1 Å². The van der Waals surface area contributed by atoms with E-state index in [4.69, 9.17) is 34.1 Å². The smallest absolute Gasteiger partial charge is 0.237 e.